The highest BCUT2D eigenvalue weighted by Gasteiger charge is 2.25. The molecule has 0 unspecified atom stereocenters. The second kappa shape index (κ2) is 8.84. The second-order valence-electron chi connectivity index (χ2n) is 5.17. The maximum atomic E-state index is 12.7. The summed E-state index contributed by atoms with van der Waals surface area (Å²) in [6.45, 7) is 1.67. The number of amides is 1. The first-order valence-electron chi connectivity index (χ1n) is 7.56. The molecule has 2 aromatic rings. The number of hydrogen-bond acceptors (Lipinski definition) is 4. The van der Waals surface area contributed by atoms with Crippen molar-refractivity contribution in [3.8, 4) is 0 Å². The summed E-state index contributed by atoms with van der Waals surface area (Å²) in [5.41, 5.74) is 0.647. The Kier molecular flexibility index (Phi) is 7.06. The summed E-state index contributed by atoms with van der Waals surface area (Å²) in [7, 11) is -3.72. The topological polar surface area (TPSA) is 66.5 Å². The van der Waals surface area contributed by atoms with Gasteiger partial charge in [0.15, 0.2) is 0 Å². The van der Waals surface area contributed by atoms with Crippen LogP contribution in [0.15, 0.2) is 62.8 Å². The molecule has 2 aromatic carbocycles. The molecule has 25 heavy (non-hydrogen) atoms. The number of benzene rings is 2. The maximum Gasteiger partial charge on any atom is 0.243 e. The standard InChI is InChI=1S/C17H19BrN2O3S2/c1-3-20(25(22,23)16-9-7-13(18)8-10-16)12-17(21)19-14-5-4-6-15(11-14)24-2/h4-11H,3,12H2,1-2H3,(H,19,21). The summed E-state index contributed by atoms with van der Waals surface area (Å²) >= 11 is 4.85. The number of thioether (sulfide) groups is 1. The van der Waals surface area contributed by atoms with Crippen LogP contribution in [0.2, 0.25) is 0 Å². The average Bonchev–Trinajstić information content (AvgIpc) is 2.60. The number of nitrogens with one attached hydrogen (secondary N) is 1. The lowest BCUT2D eigenvalue weighted by Gasteiger charge is -2.20. The third kappa shape index (κ3) is 5.31. The largest absolute Gasteiger partial charge is 0.325 e. The molecule has 0 heterocycles. The average molecular weight is 443 g/mol. The highest BCUT2D eigenvalue weighted by molar-refractivity contribution is 9.10. The molecule has 0 saturated heterocycles. The minimum absolute atomic E-state index is 0.162. The molecule has 0 aliphatic carbocycles. The molecule has 1 amide bonds. The lowest BCUT2D eigenvalue weighted by atomic mass is 10.3. The molecule has 0 spiro atoms. The Morgan fingerprint density at radius 1 is 1.20 bits per heavy atom. The van der Waals surface area contributed by atoms with Gasteiger partial charge in [0.1, 0.15) is 0 Å². The van der Waals surface area contributed by atoms with E-state index in [1.54, 1.807) is 36.9 Å². The summed E-state index contributed by atoms with van der Waals surface area (Å²) in [6, 6.07) is 13.8. The van der Waals surface area contributed by atoms with E-state index in [0.29, 0.717) is 5.69 Å². The molecule has 0 saturated carbocycles. The van der Waals surface area contributed by atoms with Crippen LogP contribution in [-0.2, 0) is 14.8 Å². The van der Waals surface area contributed by atoms with E-state index in [2.05, 4.69) is 21.2 Å². The van der Waals surface area contributed by atoms with Crippen LogP contribution in [0, 0.1) is 0 Å². The summed E-state index contributed by atoms with van der Waals surface area (Å²) in [6.07, 6.45) is 1.95. The van der Waals surface area contributed by atoms with E-state index in [1.165, 1.54) is 12.1 Å². The molecule has 1 N–H and O–H groups in total. The van der Waals surface area contributed by atoms with E-state index in [-0.39, 0.29) is 23.9 Å². The van der Waals surface area contributed by atoms with E-state index >= 15 is 0 Å². The third-order valence-electron chi connectivity index (χ3n) is 3.48. The Labute approximate surface area is 161 Å². The van der Waals surface area contributed by atoms with E-state index in [4.69, 9.17) is 0 Å². The van der Waals surface area contributed by atoms with Gasteiger partial charge < -0.3 is 5.32 Å². The van der Waals surface area contributed by atoms with Crippen molar-refractivity contribution in [3.05, 3.63) is 53.0 Å². The van der Waals surface area contributed by atoms with Gasteiger partial charge >= 0.3 is 0 Å². The fourth-order valence-corrected chi connectivity index (χ4v) is 4.31. The van der Waals surface area contributed by atoms with Gasteiger partial charge in [0.05, 0.1) is 11.4 Å². The van der Waals surface area contributed by atoms with Gasteiger partial charge in [-0.3, -0.25) is 4.79 Å². The first kappa shape index (κ1) is 20.0. The predicted octanol–water partition coefficient (Wildman–Crippen LogP) is 3.82. The lowest BCUT2D eigenvalue weighted by Crippen LogP contribution is -2.37. The number of likely N-dealkylation sites (N-methyl/N-ethyl adjacent to an activating group) is 1. The van der Waals surface area contributed by atoms with Crippen LogP contribution in [0.25, 0.3) is 0 Å². The number of hydrogen-bond donors (Lipinski definition) is 1. The monoisotopic (exact) mass is 442 g/mol. The van der Waals surface area contributed by atoms with Crippen LogP contribution < -0.4 is 5.32 Å². The Bertz CT molecular complexity index is 839. The van der Waals surface area contributed by atoms with Gasteiger partial charge in [0.25, 0.3) is 0 Å². The highest BCUT2D eigenvalue weighted by Crippen LogP contribution is 2.20. The van der Waals surface area contributed by atoms with Crippen molar-refractivity contribution in [2.45, 2.75) is 16.7 Å². The van der Waals surface area contributed by atoms with Gasteiger partial charge in [0, 0.05) is 21.6 Å². The van der Waals surface area contributed by atoms with Gasteiger partial charge in [-0.05, 0) is 48.7 Å². The van der Waals surface area contributed by atoms with Crippen molar-refractivity contribution in [2.24, 2.45) is 0 Å². The van der Waals surface area contributed by atoms with Crippen molar-refractivity contribution < 1.29 is 13.2 Å². The second-order valence-corrected chi connectivity index (χ2v) is 8.90. The summed E-state index contributed by atoms with van der Waals surface area (Å²) in [4.78, 5) is 13.5. The van der Waals surface area contributed by atoms with Crippen LogP contribution in [0.4, 0.5) is 5.69 Å². The number of carbonyl (C=O) groups is 1. The minimum Gasteiger partial charge on any atom is -0.325 e. The Morgan fingerprint density at radius 3 is 2.48 bits per heavy atom. The zero-order valence-electron chi connectivity index (χ0n) is 13.9. The van der Waals surface area contributed by atoms with E-state index in [9.17, 15) is 13.2 Å². The zero-order chi connectivity index (χ0) is 18.4. The van der Waals surface area contributed by atoms with Gasteiger partial charge in [-0.25, -0.2) is 8.42 Å². The van der Waals surface area contributed by atoms with Gasteiger partial charge in [-0.1, -0.05) is 28.9 Å². The summed E-state index contributed by atoms with van der Waals surface area (Å²) in [5.74, 6) is -0.374. The Morgan fingerprint density at radius 2 is 1.88 bits per heavy atom. The van der Waals surface area contributed by atoms with Crippen LogP contribution >= 0.6 is 27.7 Å². The number of carbonyl (C=O) groups excluding carboxylic acids is 1. The van der Waals surface area contributed by atoms with Crippen LogP contribution in [-0.4, -0.2) is 38.0 Å². The molecule has 0 atom stereocenters. The van der Waals surface area contributed by atoms with Crippen LogP contribution in [0.3, 0.4) is 0 Å². The van der Waals surface area contributed by atoms with Crippen molar-refractivity contribution in [1.82, 2.24) is 4.31 Å². The normalized spacial score (nSPS) is 11.5. The third-order valence-corrected chi connectivity index (χ3v) is 6.67. The molecular formula is C17H19BrN2O3S2. The molecule has 0 aromatic heterocycles. The SMILES string of the molecule is CCN(CC(=O)Nc1cccc(SC)c1)S(=O)(=O)c1ccc(Br)cc1. The van der Waals surface area contributed by atoms with Crippen LogP contribution in [0.5, 0.6) is 0 Å². The minimum atomic E-state index is -3.72. The molecule has 0 aliphatic heterocycles. The zero-order valence-corrected chi connectivity index (χ0v) is 17.1. The number of sulfonamides is 1. The molecule has 0 radical (unpaired) electrons. The van der Waals surface area contributed by atoms with Gasteiger partial charge in [-0.15, -0.1) is 11.8 Å². The molecule has 134 valence electrons. The van der Waals surface area contributed by atoms with E-state index in [1.807, 2.05) is 24.5 Å². The first-order chi connectivity index (χ1) is 11.9. The van der Waals surface area contributed by atoms with E-state index in [0.717, 1.165) is 13.7 Å². The van der Waals surface area contributed by atoms with Crippen molar-refractivity contribution in [3.63, 3.8) is 0 Å². The van der Waals surface area contributed by atoms with Gasteiger partial charge in [0.2, 0.25) is 15.9 Å². The quantitative estimate of drug-likeness (QED) is 0.661. The van der Waals surface area contributed by atoms with E-state index < -0.39 is 10.0 Å². The van der Waals surface area contributed by atoms with Crippen molar-refractivity contribution in [1.29, 1.82) is 0 Å². The Balaban J connectivity index is 2.12. The molecule has 0 aliphatic rings. The number of nitrogens with zero attached hydrogens (tertiary/aromatic N) is 1. The van der Waals surface area contributed by atoms with Crippen LogP contribution in [0.1, 0.15) is 6.92 Å². The molecular weight excluding hydrogens is 424 g/mol. The van der Waals surface area contributed by atoms with Crippen molar-refractivity contribution >= 4 is 49.3 Å². The molecule has 0 fully saturated rings. The smallest absolute Gasteiger partial charge is 0.243 e. The molecule has 5 nitrogen and oxygen atoms in total. The fourth-order valence-electron chi connectivity index (χ4n) is 2.18. The summed E-state index contributed by atoms with van der Waals surface area (Å²) in [5, 5.41) is 2.75. The fraction of sp³-hybridized carbons (Fsp3) is 0.235. The molecule has 8 heteroatoms. The number of anilines is 1. The molecule has 0 bridgehead atoms. The summed E-state index contributed by atoms with van der Waals surface area (Å²) < 4.78 is 27.3. The van der Waals surface area contributed by atoms with Crippen molar-refractivity contribution in [2.75, 3.05) is 24.7 Å². The lowest BCUT2D eigenvalue weighted by molar-refractivity contribution is -0.116. The highest BCUT2D eigenvalue weighted by atomic mass is 79.9. The maximum absolute atomic E-state index is 12.7. The van der Waals surface area contributed by atoms with Gasteiger partial charge in [-0.2, -0.15) is 4.31 Å². The number of halogens is 1. The molecule has 2 rings (SSSR count). The Hall–Kier alpha value is -1.35. The number of rotatable bonds is 7. The first-order valence-corrected chi connectivity index (χ1v) is 11.0. The predicted molar refractivity (Wildman–Crippen MR) is 105 cm³/mol.